The zero-order valence-corrected chi connectivity index (χ0v) is 11.8. The first kappa shape index (κ1) is 13.5. The van der Waals surface area contributed by atoms with Gasteiger partial charge in [0.1, 0.15) is 0 Å². The first-order valence-corrected chi connectivity index (χ1v) is 7.00. The fourth-order valence-electron chi connectivity index (χ4n) is 1.61. The number of nitrogens with zero attached hydrogens (tertiary/aromatic N) is 2. The number of anilines is 1. The minimum absolute atomic E-state index is 0.163. The second kappa shape index (κ2) is 6.29. The summed E-state index contributed by atoms with van der Waals surface area (Å²) < 4.78 is 0. The quantitative estimate of drug-likeness (QED) is 0.651. The van der Waals surface area contributed by atoms with E-state index in [-0.39, 0.29) is 5.56 Å². The van der Waals surface area contributed by atoms with Crippen LogP contribution in [0, 0.1) is 6.92 Å². The van der Waals surface area contributed by atoms with Gasteiger partial charge < -0.3 is 0 Å². The molecule has 5 nitrogen and oxygen atoms in total. The predicted molar refractivity (Wildman–Crippen MR) is 79.1 cm³/mol. The van der Waals surface area contributed by atoms with E-state index in [1.54, 1.807) is 17.6 Å². The zero-order valence-electron chi connectivity index (χ0n) is 10.9. The van der Waals surface area contributed by atoms with E-state index in [4.69, 9.17) is 0 Å². The van der Waals surface area contributed by atoms with Gasteiger partial charge in [-0.2, -0.15) is 5.10 Å². The van der Waals surface area contributed by atoms with Crippen LogP contribution in [-0.4, -0.2) is 16.2 Å². The Kier molecular flexibility index (Phi) is 4.46. The smallest absolute Gasteiger partial charge is 0.252 e. The van der Waals surface area contributed by atoms with Crippen molar-refractivity contribution in [1.82, 2.24) is 9.97 Å². The maximum Gasteiger partial charge on any atom is 0.252 e. The van der Waals surface area contributed by atoms with Crippen LogP contribution in [-0.2, 0) is 6.42 Å². The van der Waals surface area contributed by atoms with E-state index in [1.165, 1.54) is 11.6 Å². The predicted octanol–water partition coefficient (Wildman–Crippen LogP) is 2.54. The number of aryl methyl sites for hydroxylation is 2. The van der Waals surface area contributed by atoms with Crippen LogP contribution >= 0.6 is 11.3 Å². The highest BCUT2D eigenvalue weighted by atomic mass is 32.1. The van der Waals surface area contributed by atoms with Crippen molar-refractivity contribution in [1.29, 1.82) is 0 Å². The molecular weight excluding hydrogens is 260 g/mol. The van der Waals surface area contributed by atoms with Gasteiger partial charge >= 0.3 is 0 Å². The number of aromatic amines is 1. The van der Waals surface area contributed by atoms with Crippen molar-refractivity contribution in [2.24, 2.45) is 5.10 Å². The first-order chi connectivity index (χ1) is 9.19. The lowest BCUT2D eigenvalue weighted by molar-refractivity contribution is 0.867. The maximum absolute atomic E-state index is 11.4. The number of H-pyrrole nitrogens is 1. The number of nitrogens with one attached hydrogen (secondary N) is 2. The van der Waals surface area contributed by atoms with E-state index in [0.717, 1.165) is 23.4 Å². The summed E-state index contributed by atoms with van der Waals surface area (Å²) in [7, 11) is 0. The second-order valence-corrected chi connectivity index (χ2v) is 5.12. The molecule has 0 amide bonds. The van der Waals surface area contributed by atoms with Crippen molar-refractivity contribution in [3.63, 3.8) is 0 Å². The third-order valence-electron chi connectivity index (χ3n) is 2.55. The van der Waals surface area contributed by atoms with Gasteiger partial charge in [-0.1, -0.05) is 13.3 Å². The van der Waals surface area contributed by atoms with Crippen molar-refractivity contribution < 1.29 is 0 Å². The zero-order chi connectivity index (χ0) is 13.7. The molecule has 0 aliphatic carbocycles. The number of hydrazone groups is 1. The largest absolute Gasteiger partial charge is 0.291 e. The molecule has 0 unspecified atom stereocenters. The molecule has 0 saturated carbocycles. The lowest BCUT2D eigenvalue weighted by Crippen LogP contribution is -2.11. The maximum atomic E-state index is 11.4. The van der Waals surface area contributed by atoms with E-state index >= 15 is 0 Å². The first-order valence-electron chi connectivity index (χ1n) is 6.12. The van der Waals surface area contributed by atoms with Crippen LogP contribution in [0.15, 0.2) is 27.4 Å². The molecule has 0 aliphatic rings. The molecule has 2 heterocycles. The lowest BCUT2D eigenvalue weighted by atomic mass is 10.2. The van der Waals surface area contributed by atoms with Crippen molar-refractivity contribution in [2.75, 3.05) is 5.43 Å². The van der Waals surface area contributed by atoms with Gasteiger partial charge in [-0.25, -0.2) is 10.4 Å². The third-order valence-corrected chi connectivity index (χ3v) is 3.51. The van der Waals surface area contributed by atoms with Gasteiger partial charge in [0.15, 0.2) is 0 Å². The molecule has 2 aromatic rings. The van der Waals surface area contributed by atoms with Crippen molar-refractivity contribution in [2.45, 2.75) is 26.7 Å². The van der Waals surface area contributed by atoms with E-state index in [1.807, 2.05) is 25.3 Å². The summed E-state index contributed by atoms with van der Waals surface area (Å²) in [5.74, 6) is 0.376. The minimum Gasteiger partial charge on any atom is -0.291 e. The summed E-state index contributed by atoms with van der Waals surface area (Å²) in [5, 5.41) is 6.10. The van der Waals surface area contributed by atoms with Gasteiger partial charge in [-0.3, -0.25) is 9.78 Å². The Morgan fingerprint density at radius 2 is 2.42 bits per heavy atom. The minimum atomic E-state index is -0.163. The van der Waals surface area contributed by atoms with Crippen LogP contribution in [0.4, 0.5) is 5.95 Å². The second-order valence-electron chi connectivity index (χ2n) is 4.17. The molecule has 0 saturated heterocycles. The number of thiophene rings is 1. The van der Waals surface area contributed by atoms with Crippen LogP contribution in [0.2, 0.25) is 0 Å². The van der Waals surface area contributed by atoms with Crippen LogP contribution in [0.25, 0.3) is 0 Å². The average molecular weight is 276 g/mol. The highest BCUT2D eigenvalue weighted by Gasteiger charge is 2.00. The highest BCUT2D eigenvalue weighted by Crippen LogP contribution is 2.12. The van der Waals surface area contributed by atoms with Crippen LogP contribution in [0.3, 0.4) is 0 Å². The summed E-state index contributed by atoms with van der Waals surface area (Å²) in [5.41, 5.74) is 4.55. The summed E-state index contributed by atoms with van der Waals surface area (Å²) in [6, 6.07) is 3.55. The summed E-state index contributed by atoms with van der Waals surface area (Å²) in [6.45, 7) is 4.08. The molecule has 0 atom stereocenters. The number of aromatic nitrogens is 2. The Balaban J connectivity index is 2.09. The molecule has 0 aliphatic heterocycles. The fourth-order valence-corrected chi connectivity index (χ4v) is 2.40. The highest BCUT2D eigenvalue weighted by molar-refractivity contribution is 7.11. The van der Waals surface area contributed by atoms with Gasteiger partial charge in [0, 0.05) is 16.6 Å². The van der Waals surface area contributed by atoms with Gasteiger partial charge in [0.2, 0.25) is 5.95 Å². The molecule has 0 spiro atoms. The average Bonchev–Trinajstić information content (AvgIpc) is 2.75. The van der Waals surface area contributed by atoms with Crippen LogP contribution in [0.5, 0.6) is 0 Å². The topological polar surface area (TPSA) is 70.1 Å². The van der Waals surface area contributed by atoms with Crippen LogP contribution in [0.1, 0.15) is 29.5 Å². The standard InChI is InChI=1S/C13H16N4OS/c1-3-4-10-7-12(18)16-13(15-10)17-14-8-11-9(2)5-6-19-11/h5-8H,3-4H2,1-2H3,(H2,15,16,17,18)/b14-8+. The molecule has 0 aromatic carbocycles. The monoisotopic (exact) mass is 276 g/mol. The summed E-state index contributed by atoms with van der Waals surface area (Å²) in [4.78, 5) is 19.4. The molecule has 19 heavy (non-hydrogen) atoms. The lowest BCUT2D eigenvalue weighted by Gasteiger charge is -2.01. The van der Waals surface area contributed by atoms with Crippen molar-refractivity contribution >= 4 is 23.5 Å². The Morgan fingerprint density at radius 3 is 3.11 bits per heavy atom. The molecular formula is C13H16N4OS. The molecule has 2 rings (SSSR count). The fraction of sp³-hybridized carbons (Fsp3) is 0.308. The van der Waals surface area contributed by atoms with E-state index in [9.17, 15) is 4.79 Å². The van der Waals surface area contributed by atoms with Gasteiger partial charge in [0.05, 0.1) is 6.21 Å². The Labute approximate surface area is 115 Å². The van der Waals surface area contributed by atoms with Crippen molar-refractivity contribution in [3.8, 4) is 0 Å². The molecule has 2 N–H and O–H groups in total. The SMILES string of the molecule is CCCc1cc(=O)[nH]c(N/N=C/c2sccc2C)n1. The Morgan fingerprint density at radius 1 is 1.58 bits per heavy atom. The number of hydrogen-bond donors (Lipinski definition) is 2. The number of rotatable bonds is 5. The molecule has 6 heteroatoms. The summed E-state index contributed by atoms with van der Waals surface area (Å²) >= 11 is 1.62. The van der Waals surface area contributed by atoms with E-state index in [2.05, 4.69) is 20.5 Å². The molecule has 2 aromatic heterocycles. The van der Waals surface area contributed by atoms with E-state index in [0.29, 0.717) is 5.95 Å². The molecule has 0 fully saturated rings. The Hall–Kier alpha value is -1.95. The van der Waals surface area contributed by atoms with Crippen molar-refractivity contribution in [3.05, 3.63) is 44.0 Å². The molecule has 0 radical (unpaired) electrons. The third kappa shape index (κ3) is 3.75. The van der Waals surface area contributed by atoms with E-state index < -0.39 is 0 Å². The molecule has 100 valence electrons. The van der Waals surface area contributed by atoms with Gasteiger partial charge in [-0.15, -0.1) is 11.3 Å². The Bertz CT molecular complexity index is 630. The van der Waals surface area contributed by atoms with Gasteiger partial charge in [0.25, 0.3) is 5.56 Å². The number of hydrogen-bond acceptors (Lipinski definition) is 5. The normalized spacial score (nSPS) is 11.1. The molecule has 0 bridgehead atoms. The summed E-state index contributed by atoms with van der Waals surface area (Å²) in [6.07, 6.45) is 3.46. The van der Waals surface area contributed by atoms with Crippen LogP contribution < -0.4 is 11.0 Å². The van der Waals surface area contributed by atoms with Gasteiger partial charge in [-0.05, 0) is 30.4 Å².